The maximum Gasteiger partial charge on any atom is 0.348 e. The van der Waals surface area contributed by atoms with E-state index in [0.717, 1.165) is 38.3 Å². The van der Waals surface area contributed by atoms with E-state index in [1.165, 1.54) is 11.3 Å². The normalized spacial score (nSPS) is 11.1. The third-order valence-electron chi connectivity index (χ3n) is 5.29. The Morgan fingerprint density at radius 1 is 1.00 bits per heavy atom. The molecule has 0 saturated heterocycles. The summed E-state index contributed by atoms with van der Waals surface area (Å²) in [6, 6.07) is 12.9. The van der Waals surface area contributed by atoms with Crippen LogP contribution in [-0.2, 0) is 4.74 Å². The van der Waals surface area contributed by atoms with Gasteiger partial charge in [-0.2, -0.15) is 5.10 Å². The van der Waals surface area contributed by atoms with E-state index in [1.807, 2.05) is 52.0 Å². The summed E-state index contributed by atoms with van der Waals surface area (Å²) in [7, 11) is 0. The SMILES string of the molecule is Cc1cc(C)c(C(=O)COC(=O)c2cc3c(C)nn(-c4ccc(Cl)cc4)c3s2)cc1C. The second-order valence-corrected chi connectivity index (χ2v) is 9.02. The molecule has 0 unspecified atom stereocenters. The van der Waals surface area contributed by atoms with Crippen LogP contribution in [0.25, 0.3) is 15.9 Å². The Balaban J connectivity index is 1.55. The summed E-state index contributed by atoms with van der Waals surface area (Å²) in [6.07, 6.45) is 0. The zero-order valence-corrected chi connectivity index (χ0v) is 19.2. The Hall–Kier alpha value is -2.96. The molecule has 7 heteroatoms. The van der Waals surface area contributed by atoms with Gasteiger partial charge in [-0.15, -0.1) is 11.3 Å². The minimum absolute atomic E-state index is 0.210. The lowest BCUT2D eigenvalue weighted by Gasteiger charge is -2.09. The van der Waals surface area contributed by atoms with Crippen molar-refractivity contribution in [3.8, 4) is 5.69 Å². The molecule has 0 fully saturated rings. The Labute approximate surface area is 189 Å². The molecule has 31 heavy (non-hydrogen) atoms. The number of aromatic nitrogens is 2. The summed E-state index contributed by atoms with van der Waals surface area (Å²) in [6.45, 7) is 7.45. The van der Waals surface area contributed by atoms with E-state index >= 15 is 0 Å². The summed E-state index contributed by atoms with van der Waals surface area (Å²) in [5, 5.41) is 6.09. The first kappa shape index (κ1) is 21.3. The lowest BCUT2D eigenvalue weighted by atomic mass is 9.98. The summed E-state index contributed by atoms with van der Waals surface area (Å²) in [5.74, 6) is -0.725. The van der Waals surface area contributed by atoms with Gasteiger partial charge in [0.2, 0.25) is 5.78 Å². The first-order valence-corrected chi connectivity index (χ1v) is 11.0. The Morgan fingerprint density at radius 3 is 2.39 bits per heavy atom. The van der Waals surface area contributed by atoms with Crippen molar-refractivity contribution in [3.63, 3.8) is 0 Å². The molecule has 0 saturated carbocycles. The molecule has 0 radical (unpaired) electrons. The van der Waals surface area contributed by atoms with Gasteiger partial charge in [0.15, 0.2) is 6.61 Å². The molecule has 0 amide bonds. The number of hydrogen-bond acceptors (Lipinski definition) is 5. The lowest BCUT2D eigenvalue weighted by molar-refractivity contribution is 0.0479. The second-order valence-electron chi connectivity index (χ2n) is 7.55. The highest BCUT2D eigenvalue weighted by atomic mass is 35.5. The number of ketones is 1. The number of thiophene rings is 1. The molecular weight excluding hydrogens is 432 g/mol. The minimum atomic E-state index is -0.516. The standard InChI is InChI=1S/C24H21ClN2O3S/c1-13-9-15(3)19(10-14(13)2)21(28)12-30-24(29)22-11-20-16(4)26-27(23(20)31-22)18-7-5-17(25)6-8-18/h5-11H,12H2,1-4H3. The number of halogens is 1. The molecular formula is C24H21ClN2O3S. The van der Waals surface area contributed by atoms with Crippen molar-refractivity contribution >= 4 is 44.9 Å². The molecule has 0 aliphatic carbocycles. The molecule has 0 atom stereocenters. The summed E-state index contributed by atoms with van der Waals surface area (Å²) >= 11 is 7.27. The van der Waals surface area contributed by atoms with Gasteiger partial charge in [0.1, 0.15) is 9.71 Å². The first-order valence-electron chi connectivity index (χ1n) is 9.78. The fourth-order valence-corrected chi connectivity index (χ4v) is 4.65. The number of rotatable bonds is 5. The van der Waals surface area contributed by atoms with Crippen LogP contribution in [0, 0.1) is 27.7 Å². The molecule has 0 spiro atoms. The highest BCUT2D eigenvalue weighted by Crippen LogP contribution is 2.31. The van der Waals surface area contributed by atoms with E-state index in [1.54, 1.807) is 22.9 Å². The van der Waals surface area contributed by atoms with Crippen LogP contribution in [0.2, 0.25) is 5.02 Å². The fourth-order valence-electron chi connectivity index (χ4n) is 3.45. The third-order valence-corrected chi connectivity index (χ3v) is 6.64. The predicted molar refractivity (Wildman–Crippen MR) is 124 cm³/mol. The molecule has 5 nitrogen and oxygen atoms in total. The van der Waals surface area contributed by atoms with Crippen LogP contribution in [0.1, 0.15) is 42.4 Å². The van der Waals surface area contributed by atoms with E-state index in [2.05, 4.69) is 5.10 Å². The van der Waals surface area contributed by atoms with E-state index in [-0.39, 0.29) is 12.4 Å². The van der Waals surface area contributed by atoms with Gasteiger partial charge in [-0.3, -0.25) is 4.79 Å². The zero-order valence-electron chi connectivity index (χ0n) is 17.7. The van der Waals surface area contributed by atoms with Gasteiger partial charge in [-0.25, -0.2) is 9.48 Å². The molecule has 0 aliphatic heterocycles. The molecule has 158 valence electrons. The number of Topliss-reactive ketones (excluding diaryl/α,β-unsaturated/α-hetero) is 1. The lowest BCUT2D eigenvalue weighted by Crippen LogP contribution is -2.15. The summed E-state index contributed by atoms with van der Waals surface area (Å²) in [4.78, 5) is 26.5. The highest BCUT2D eigenvalue weighted by Gasteiger charge is 2.20. The van der Waals surface area contributed by atoms with Crippen molar-refractivity contribution in [1.29, 1.82) is 0 Å². The van der Waals surface area contributed by atoms with Crippen LogP contribution < -0.4 is 0 Å². The van der Waals surface area contributed by atoms with Gasteiger partial charge in [0.05, 0.1) is 11.4 Å². The number of aryl methyl sites for hydroxylation is 4. The third kappa shape index (κ3) is 4.13. The van der Waals surface area contributed by atoms with Gasteiger partial charge in [0, 0.05) is 16.0 Å². The largest absolute Gasteiger partial charge is 0.453 e. The maximum absolute atomic E-state index is 12.6. The second kappa shape index (κ2) is 8.29. The number of ether oxygens (including phenoxy) is 1. The Kier molecular flexibility index (Phi) is 5.69. The first-order chi connectivity index (χ1) is 14.7. The van der Waals surface area contributed by atoms with E-state index in [4.69, 9.17) is 16.3 Å². The Morgan fingerprint density at radius 2 is 1.68 bits per heavy atom. The van der Waals surface area contributed by atoms with Crippen molar-refractivity contribution in [2.24, 2.45) is 0 Å². The van der Waals surface area contributed by atoms with Crippen molar-refractivity contribution in [1.82, 2.24) is 9.78 Å². The minimum Gasteiger partial charge on any atom is -0.453 e. The number of nitrogens with zero attached hydrogens (tertiary/aromatic N) is 2. The number of hydrogen-bond donors (Lipinski definition) is 0. The average molecular weight is 453 g/mol. The van der Waals surface area contributed by atoms with Crippen LogP contribution in [-0.4, -0.2) is 28.1 Å². The monoisotopic (exact) mass is 452 g/mol. The Bertz CT molecular complexity index is 1320. The molecule has 4 aromatic rings. The molecule has 2 heterocycles. The van der Waals surface area contributed by atoms with Crippen molar-refractivity contribution in [3.05, 3.63) is 80.3 Å². The summed E-state index contributed by atoms with van der Waals surface area (Å²) in [5.41, 5.74) is 5.28. The molecule has 2 aromatic heterocycles. The average Bonchev–Trinajstić information content (AvgIpc) is 3.30. The molecule has 0 N–H and O–H groups in total. The van der Waals surface area contributed by atoms with Crippen molar-refractivity contribution < 1.29 is 14.3 Å². The van der Waals surface area contributed by atoms with Crippen LogP contribution in [0.15, 0.2) is 42.5 Å². The van der Waals surface area contributed by atoms with Gasteiger partial charge in [-0.1, -0.05) is 17.7 Å². The molecule has 4 rings (SSSR count). The molecule has 2 aromatic carbocycles. The number of fused-ring (bicyclic) bond motifs is 1. The van der Waals surface area contributed by atoms with Crippen LogP contribution in [0.3, 0.4) is 0 Å². The number of esters is 1. The van der Waals surface area contributed by atoms with Crippen LogP contribution >= 0.6 is 22.9 Å². The van der Waals surface area contributed by atoms with E-state index in [0.29, 0.717) is 15.5 Å². The molecule has 0 bridgehead atoms. The van der Waals surface area contributed by atoms with Gasteiger partial charge >= 0.3 is 5.97 Å². The van der Waals surface area contributed by atoms with Crippen LogP contribution in [0.5, 0.6) is 0 Å². The number of carbonyl (C=O) groups excluding carboxylic acids is 2. The van der Waals surface area contributed by atoms with Gasteiger partial charge in [-0.05, 0) is 80.8 Å². The topological polar surface area (TPSA) is 61.2 Å². The number of benzene rings is 2. The smallest absolute Gasteiger partial charge is 0.348 e. The van der Waals surface area contributed by atoms with Gasteiger partial charge in [0.25, 0.3) is 0 Å². The zero-order chi connectivity index (χ0) is 22.3. The maximum atomic E-state index is 12.6. The quantitative estimate of drug-likeness (QED) is 0.274. The van der Waals surface area contributed by atoms with Crippen molar-refractivity contribution in [2.45, 2.75) is 27.7 Å². The van der Waals surface area contributed by atoms with Crippen molar-refractivity contribution in [2.75, 3.05) is 6.61 Å². The summed E-state index contributed by atoms with van der Waals surface area (Å²) < 4.78 is 7.13. The van der Waals surface area contributed by atoms with Crippen LogP contribution in [0.4, 0.5) is 0 Å². The molecule has 0 aliphatic rings. The fraction of sp³-hybridized carbons (Fsp3) is 0.208. The van der Waals surface area contributed by atoms with E-state index in [9.17, 15) is 9.59 Å². The highest BCUT2D eigenvalue weighted by molar-refractivity contribution is 7.20. The van der Waals surface area contributed by atoms with E-state index < -0.39 is 5.97 Å². The predicted octanol–water partition coefficient (Wildman–Crippen LogP) is 6.01. The van der Waals surface area contributed by atoms with Gasteiger partial charge < -0.3 is 4.74 Å². The number of carbonyl (C=O) groups is 2.